The number of fused-ring (bicyclic) bond motifs is 1. The molecule has 1 heterocycles. The lowest BCUT2D eigenvalue weighted by Gasteiger charge is -2.08. The molecule has 0 amide bonds. The monoisotopic (exact) mass is 271 g/mol. The topological polar surface area (TPSA) is 77.8 Å². The van der Waals surface area contributed by atoms with Crippen molar-refractivity contribution in [1.82, 2.24) is 9.97 Å². The molecule has 3 aromatic rings. The van der Waals surface area contributed by atoms with Crippen molar-refractivity contribution >= 4 is 27.9 Å². The van der Waals surface area contributed by atoms with E-state index in [0.717, 1.165) is 16.6 Å². The number of benzene rings is 2. The van der Waals surface area contributed by atoms with Gasteiger partial charge in [-0.2, -0.15) is 4.98 Å². The minimum absolute atomic E-state index is 0.368. The van der Waals surface area contributed by atoms with E-state index in [9.17, 15) is 4.55 Å². The molecule has 3 N–H and O–H groups in total. The van der Waals surface area contributed by atoms with Gasteiger partial charge in [0.25, 0.3) is 0 Å². The number of aromatic nitrogens is 2. The quantitative estimate of drug-likeness (QED) is 0.567. The van der Waals surface area contributed by atoms with E-state index in [0.29, 0.717) is 16.6 Å². The number of nitrogens with zero attached hydrogens (tertiary/aromatic N) is 1. The van der Waals surface area contributed by atoms with Gasteiger partial charge in [0.15, 0.2) is 0 Å². The second-order valence-electron chi connectivity index (χ2n) is 4.25. The van der Waals surface area contributed by atoms with Gasteiger partial charge in [-0.3, -0.25) is 4.98 Å². The zero-order chi connectivity index (χ0) is 13.2. The minimum Gasteiger partial charge on any atom is -0.609 e. The van der Waals surface area contributed by atoms with E-state index in [1.807, 2.05) is 48.5 Å². The predicted molar refractivity (Wildman–Crippen MR) is 77.1 cm³/mol. The Hall–Kier alpha value is -1.98. The second kappa shape index (κ2) is 4.95. The summed E-state index contributed by atoms with van der Waals surface area (Å²) in [5.41, 5.74) is 9.11. The first-order valence-electron chi connectivity index (χ1n) is 5.90. The third kappa shape index (κ3) is 2.43. The van der Waals surface area contributed by atoms with Crippen LogP contribution in [0.2, 0.25) is 0 Å². The summed E-state index contributed by atoms with van der Waals surface area (Å²) in [5.74, 6) is 0.368. The van der Waals surface area contributed by atoms with Crippen LogP contribution in [0, 0.1) is 0 Å². The summed E-state index contributed by atoms with van der Waals surface area (Å²) >= 11 is -1.22. The standard InChI is InChI=1S/C14H13N3OS/c15-11-6-2-1-5-10(11)9-19(18)14-16-12-7-3-4-8-13(12)17-14/h1-8H,9,15H2,(H,16,17). The highest BCUT2D eigenvalue weighted by atomic mass is 32.2. The van der Waals surface area contributed by atoms with Gasteiger partial charge in [0, 0.05) is 22.4 Å². The van der Waals surface area contributed by atoms with E-state index in [1.165, 1.54) is 0 Å². The molecule has 2 aromatic carbocycles. The Balaban J connectivity index is 1.87. The van der Waals surface area contributed by atoms with E-state index in [1.54, 1.807) is 0 Å². The second-order valence-corrected chi connectivity index (χ2v) is 5.61. The number of rotatable bonds is 3. The number of para-hydroxylation sites is 3. The Bertz CT molecular complexity index is 677. The Morgan fingerprint density at radius 1 is 1.11 bits per heavy atom. The average molecular weight is 271 g/mol. The van der Waals surface area contributed by atoms with Crippen LogP contribution in [0.3, 0.4) is 0 Å². The summed E-state index contributed by atoms with van der Waals surface area (Å²) in [5, 5.41) is 0.490. The largest absolute Gasteiger partial charge is 0.609 e. The average Bonchev–Trinajstić information content (AvgIpc) is 2.85. The summed E-state index contributed by atoms with van der Waals surface area (Å²) in [6.45, 7) is 0. The molecule has 0 radical (unpaired) electrons. The Morgan fingerprint density at radius 3 is 2.63 bits per heavy atom. The lowest BCUT2D eigenvalue weighted by molar-refractivity contribution is 0.587. The van der Waals surface area contributed by atoms with Gasteiger partial charge in [-0.05, 0) is 18.2 Å². The molecule has 0 saturated heterocycles. The molecule has 0 aliphatic rings. The SMILES string of the molecule is Nc1ccccc1C[S+]([O-])c1nc2ccccc2[nH]1. The molecule has 0 aliphatic carbocycles. The molecule has 0 spiro atoms. The van der Waals surface area contributed by atoms with Crippen molar-refractivity contribution in [1.29, 1.82) is 0 Å². The highest BCUT2D eigenvalue weighted by molar-refractivity contribution is 7.90. The fraction of sp³-hybridized carbons (Fsp3) is 0.0714. The van der Waals surface area contributed by atoms with Crippen LogP contribution in [-0.4, -0.2) is 14.5 Å². The van der Waals surface area contributed by atoms with Gasteiger partial charge in [0.2, 0.25) is 0 Å². The van der Waals surface area contributed by atoms with Gasteiger partial charge < -0.3 is 10.3 Å². The highest BCUT2D eigenvalue weighted by Crippen LogP contribution is 2.20. The van der Waals surface area contributed by atoms with Gasteiger partial charge in [0.1, 0.15) is 5.75 Å². The Morgan fingerprint density at radius 2 is 1.84 bits per heavy atom. The number of imidazole rings is 1. The molecule has 5 heteroatoms. The van der Waals surface area contributed by atoms with Crippen LogP contribution in [-0.2, 0) is 16.9 Å². The van der Waals surface area contributed by atoms with Crippen molar-refractivity contribution < 1.29 is 4.55 Å². The zero-order valence-corrected chi connectivity index (χ0v) is 11.0. The molecular weight excluding hydrogens is 258 g/mol. The summed E-state index contributed by atoms with van der Waals surface area (Å²) < 4.78 is 12.3. The molecule has 0 saturated carbocycles. The third-order valence-corrected chi connectivity index (χ3v) is 4.12. The number of aromatic amines is 1. The van der Waals surface area contributed by atoms with Gasteiger partial charge in [-0.25, -0.2) is 0 Å². The smallest absolute Gasteiger partial charge is 0.321 e. The molecule has 19 heavy (non-hydrogen) atoms. The number of anilines is 1. The number of H-pyrrole nitrogens is 1. The first kappa shape index (κ1) is 12.1. The lowest BCUT2D eigenvalue weighted by Crippen LogP contribution is -2.08. The Kier molecular flexibility index (Phi) is 3.15. The van der Waals surface area contributed by atoms with Gasteiger partial charge in [0.05, 0.1) is 11.0 Å². The fourth-order valence-electron chi connectivity index (χ4n) is 1.91. The molecule has 3 rings (SSSR count). The van der Waals surface area contributed by atoms with E-state index in [4.69, 9.17) is 5.73 Å². The first-order chi connectivity index (χ1) is 9.24. The summed E-state index contributed by atoms with van der Waals surface area (Å²) in [6, 6.07) is 15.1. The molecule has 0 bridgehead atoms. The van der Waals surface area contributed by atoms with Crippen LogP contribution in [0.15, 0.2) is 53.7 Å². The van der Waals surface area contributed by atoms with Crippen molar-refractivity contribution in [2.24, 2.45) is 0 Å². The van der Waals surface area contributed by atoms with Crippen molar-refractivity contribution in [2.45, 2.75) is 10.9 Å². The maximum Gasteiger partial charge on any atom is 0.321 e. The van der Waals surface area contributed by atoms with Gasteiger partial charge in [-0.1, -0.05) is 30.3 Å². The summed E-state index contributed by atoms with van der Waals surface area (Å²) in [6.07, 6.45) is 0. The fourth-order valence-corrected chi connectivity index (χ4v) is 3.02. The van der Waals surface area contributed by atoms with Crippen LogP contribution in [0.5, 0.6) is 0 Å². The van der Waals surface area contributed by atoms with Crippen molar-refractivity contribution in [2.75, 3.05) is 5.73 Å². The molecule has 4 nitrogen and oxygen atoms in total. The molecule has 1 atom stereocenters. The number of nitrogens with two attached hydrogens (primary N) is 1. The molecule has 0 aliphatic heterocycles. The summed E-state index contributed by atoms with van der Waals surface area (Å²) in [7, 11) is 0. The maximum atomic E-state index is 12.3. The Labute approximate surface area is 113 Å². The van der Waals surface area contributed by atoms with Crippen LogP contribution >= 0.6 is 0 Å². The zero-order valence-electron chi connectivity index (χ0n) is 10.2. The molecular formula is C14H13N3OS. The first-order valence-corrected chi connectivity index (χ1v) is 7.22. The van der Waals surface area contributed by atoms with Crippen molar-refractivity contribution in [3.63, 3.8) is 0 Å². The molecule has 1 aromatic heterocycles. The van der Waals surface area contributed by atoms with Crippen LogP contribution < -0.4 is 5.73 Å². The van der Waals surface area contributed by atoms with Gasteiger partial charge >= 0.3 is 5.16 Å². The highest BCUT2D eigenvalue weighted by Gasteiger charge is 2.17. The van der Waals surface area contributed by atoms with Crippen molar-refractivity contribution in [3.8, 4) is 0 Å². The third-order valence-electron chi connectivity index (χ3n) is 2.92. The van der Waals surface area contributed by atoms with Gasteiger partial charge in [-0.15, -0.1) is 0 Å². The lowest BCUT2D eigenvalue weighted by atomic mass is 10.2. The van der Waals surface area contributed by atoms with Crippen LogP contribution in [0.1, 0.15) is 5.56 Å². The minimum atomic E-state index is -1.22. The predicted octanol–water partition coefficient (Wildman–Crippen LogP) is 2.45. The van der Waals surface area contributed by atoms with Crippen LogP contribution in [0.25, 0.3) is 11.0 Å². The molecule has 96 valence electrons. The van der Waals surface area contributed by atoms with E-state index >= 15 is 0 Å². The normalized spacial score (nSPS) is 12.7. The van der Waals surface area contributed by atoms with E-state index in [2.05, 4.69) is 9.97 Å². The van der Waals surface area contributed by atoms with Crippen molar-refractivity contribution in [3.05, 3.63) is 54.1 Å². The van der Waals surface area contributed by atoms with E-state index < -0.39 is 11.2 Å². The number of hydrogen-bond acceptors (Lipinski definition) is 3. The summed E-state index contributed by atoms with van der Waals surface area (Å²) in [4.78, 5) is 7.42. The molecule has 1 unspecified atom stereocenters. The number of nitrogens with one attached hydrogen (secondary N) is 1. The van der Waals surface area contributed by atoms with Crippen LogP contribution in [0.4, 0.5) is 5.69 Å². The van der Waals surface area contributed by atoms with E-state index in [-0.39, 0.29) is 0 Å². The maximum absolute atomic E-state index is 12.3. The number of nitrogen functional groups attached to an aromatic ring is 1. The number of hydrogen-bond donors (Lipinski definition) is 2. The molecule has 0 fully saturated rings.